The molecule has 1 atom stereocenters. The van der Waals surface area contributed by atoms with Gasteiger partial charge in [-0.15, -0.1) is 0 Å². The van der Waals surface area contributed by atoms with E-state index in [1.165, 1.54) is 6.07 Å². The highest BCUT2D eigenvalue weighted by Gasteiger charge is 2.19. The van der Waals surface area contributed by atoms with Crippen molar-refractivity contribution in [2.75, 3.05) is 0 Å². The molecular formula is C17H19F2NO. The summed E-state index contributed by atoms with van der Waals surface area (Å²) in [4.78, 5) is 4.55. The van der Waals surface area contributed by atoms with Crippen LogP contribution in [0.5, 0.6) is 0 Å². The van der Waals surface area contributed by atoms with Crippen LogP contribution in [0, 0.1) is 6.92 Å². The molecule has 2 rings (SSSR count). The summed E-state index contributed by atoms with van der Waals surface area (Å²) in [6, 6.07) is 10.5. The van der Waals surface area contributed by atoms with Gasteiger partial charge < -0.3 is 5.11 Å². The quantitative estimate of drug-likeness (QED) is 0.901. The maximum absolute atomic E-state index is 12.6. The van der Waals surface area contributed by atoms with Crippen LogP contribution in [-0.2, 0) is 0 Å². The van der Waals surface area contributed by atoms with Crippen molar-refractivity contribution < 1.29 is 13.9 Å². The van der Waals surface area contributed by atoms with Crippen molar-refractivity contribution >= 4 is 0 Å². The van der Waals surface area contributed by atoms with Gasteiger partial charge in [0, 0.05) is 17.0 Å². The van der Waals surface area contributed by atoms with Gasteiger partial charge in [-0.2, -0.15) is 0 Å². The number of aliphatic hydroxyl groups is 1. The number of hydrogen-bond donors (Lipinski definition) is 1. The number of aryl methyl sites for hydroxylation is 1. The zero-order valence-electron chi connectivity index (χ0n) is 12.3. The highest BCUT2D eigenvalue weighted by atomic mass is 19.3. The topological polar surface area (TPSA) is 33.1 Å². The van der Waals surface area contributed by atoms with Crippen LogP contribution >= 0.6 is 0 Å². The maximum atomic E-state index is 12.6. The van der Waals surface area contributed by atoms with Crippen LogP contribution in [0.15, 0.2) is 36.4 Å². The third kappa shape index (κ3) is 3.45. The summed E-state index contributed by atoms with van der Waals surface area (Å²) in [6.07, 6.45) is -4.55. The monoisotopic (exact) mass is 291 g/mol. The Bertz CT molecular complexity index is 626. The minimum Gasteiger partial charge on any atom is -0.382 e. The fourth-order valence-electron chi connectivity index (χ4n) is 2.24. The smallest absolute Gasteiger partial charge is 0.268 e. The van der Waals surface area contributed by atoms with Crippen molar-refractivity contribution in [2.24, 2.45) is 0 Å². The Labute approximate surface area is 123 Å². The molecular weight excluding hydrogens is 272 g/mol. The summed E-state index contributed by atoms with van der Waals surface area (Å²) in [5, 5.41) is 9.49. The van der Waals surface area contributed by atoms with E-state index in [-0.39, 0.29) is 5.56 Å². The number of nitrogens with zero attached hydrogens (tertiary/aromatic N) is 1. The lowest BCUT2D eigenvalue weighted by Gasteiger charge is -2.13. The summed E-state index contributed by atoms with van der Waals surface area (Å²) in [6.45, 7) is 6.04. The molecule has 112 valence electrons. The van der Waals surface area contributed by atoms with E-state index in [2.05, 4.69) is 18.8 Å². The number of halogens is 2. The summed E-state index contributed by atoms with van der Waals surface area (Å²) in [7, 11) is 0. The van der Waals surface area contributed by atoms with Gasteiger partial charge in [0.05, 0.1) is 0 Å². The average Bonchev–Trinajstić information content (AvgIpc) is 2.46. The first-order valence-corrected chi connectivity index (χ1v) is 6.94. The molecule has 1 unspecified atom stereocenters. The SMILES string of the molecule is Cc1nc(C(C)C)ccc1-c1cccc(C(O)C(F)F)c1. The highest BCUT2D eigenvalue weighted by molar-refractivity contribution is 5.66. The van der Waals surface area contributed by atoms with Gasteiger partial charge in [0.15, 0.2) is 0 Å². The molecule has 0 amide bonds. The highest BCUT2D eigenvalue weighted by Crippen LogP contribution is 2.28. The van der Waals surface area contributed by atoms with Crippen LogP contribution in [0.2, 0.25) is 0 Å². The van der Waals surface area contributed by atoms with Gasteiger partial charge in [-0.25, -0.2) is 8.78 Å². The zero-order valence-corrected chi connectivity index (χ0v) is 12.3. The molecule has 21 heavy (non-hydrogen) atoms. The largest absolute Gasteiger partial charge is 0.382 e. The molecule has 0 aliphatic rings. The summed E-state index contributed by atoms with van der Waals surface area (Å²) in [5.74, 6) is 0.338. The second kappa shape index (κ2) is 6.31. The van der Waals surface area contributed by atoms with Crippen LogP contribution in [0.4, 0.5) is 8.78 Å². The van der Waals surface area contributed by atoms with Crippen molar-refractivity contribution in [3.63, 3.8) is 0 Å². The minimum absolute atomic E-state index is 0.217. The number of rotatable bonds is 4. The lowest BCUT2D eigenvalue weighted by Crippen LogP contribution is -2.07. The van der Waals surface area contributed by atoms with E-state index in [0.717, 1.165) is 22.5 Å². The second-order valence-corrected chi connectivity index (χ2v) is 5.43. The van der Waals surface area contributed by atoms with Gasteiger partial charge in [0.2, 0.25) is 0 Å². The second-order valence-electron chi connectivity index (χ2n) is 5.43. The van der Waals surface area contributed by atoms with Gasteiger partial charge >= 0.3 is 0 Å². The number of aliphatic hydroxyl groups excluding tert-OH is 1. The Morgan fingerprint density at radius 2 is 1.81 bits per heavy atom. The first-order chi connectivity index (χ1) is 9.90. The maximum Gasteiger partial charge on any atom is 0.268 e. The Balaban J connectivity index is 2.41. The lowest BCUT2D eigenvalue weighted by molar-refractivity contribution is -0.00575. The van der Waals surface area contributed by atoms with Crippen LogP contribution < -0.4 is 0 Å². The molecule has 0 radical (unpaired) electrons. The molecule has 1 aromatic heterocycles. The van der Waals surface area contributed by atoms with Crippen LogP contribution in [0.25, 0.3) is 11.1 Å². The number of pyridine rings is 1. The molecule has 0 spiro atoms. The molecule has 0 fully saturated rings. The minimum atomic E-state index is -2.79. The number of alkyl halides is 2. The molecule has 0 bridgehead atoms. The summed E-state index contributed by atoms with van der Waals surface area (Å²) in [5.41, 5.74) is 3.75. The van der Waals surface area contributed by atoms with E-state index in [4.69, 9.17) is 0 Å². The standard InChI is InChI=1S/C17H19F2NO/c1-10(2)15-8-7-14(11(3)20-15)12-5-4-6-13(9-12)16(21)17(18)19/h4-10,16-17,21H,1-3H3. The van der Waals surface area contributed by atoms with Crippen molar-refractivity contribution in [2.45, 2.75) is 39.2 Å². The van der Waals surface area contributed by atoms with E-state index in [1.54, 1.807) is 12.1 Å². The summed E-state index contributed by atoms with van der Waals surface area (Å²) < 4.78 is 25.2. The average molecular weight is 291 g/mol. The molecule has 0 saturated heterocycles. The van der Waals surface area contributed by atoms with Crippen molar-refractivity contribution in [3.8, 4) is 11.1 Å². The van der Waals surface area contributed by atoms with Crippen LogP contribution in [-0.4, -0.2) is 16.5 Å². The van der Waals surface area contributed by atoms with Gasteiger partial charge in [0.1, 0.15) is 6.10 Å². The predicted molar refractivity (Wildman–Crippen MR) is 79.5 cm³/mol. The molecule has 2 nitrogen and oxygen atoms in total. The Morgan fingerprint density at radius 1 is 1.10 bits per heavy atom. The molecule has 0 aliphatic carbocycles. The zero-order chi connectivity index (χ0) is 15.6. The van der Waals surface area contributed by atoms with E-state index in [1.807, 2.05) is 25.1 Å². The Hall–Kier alpha value is -1.81. The van der Waals surface area contributed by atoms with E-state index >= 15 is 0 Å². The fourth-order valence-corrected chi connectivity index (χ4v) is 2.24. The predicted octanol–water partition coefficient (Wildman–Crippen LogP) is 4.48. The van der Waals surface area contributed by atoms with E-state index in [0.29, 0.717) is 5.92 Å². The van der Waals surface area contributed by atoms with Crippen LogP contribution in [0.3, 0.4) is 0 Å². The Kier molecular flexibility index (Phi) is 4.68. The molecule has 4 heteroatoms. The first-order valence-electron chi connectivity index (χ1n) is 6.94. The van der Waals surface area contributed by atoms with Crippen molar-refractivity contribution in [1.82, 2.24) is 4.98 Å². The molecule has 1 aromatic carbocycles. The van der Waals surface area contributed by atoms with Crippen molar-refractivity contribution in [3.05, 3.63) is 53.3 Å². The number of aromatic nitrogens is 1. The molecule has 0 aliphatic heterocycles. The van der Waals surface area contributed by atoms with Gasteiger partial charge in [-0.1, -0.05) is 38.1 Å². The van der Waals surface area contributed by atoms with E-state index < -0.39 is 12.5 Å². The summed E-state index contributed by atoms with van der Waals surface area (Å²) >= 11 is 0. The van der Waals surface area contributed by atoms with E-state index in [9.17, 15) is 13.9 Å². The molecule has 0 saturated carbocycles. The Morgan fingerprint density at radius 3 is 2.38 bits per heavy atom. The first kappa shape index (κ1) is 15.6. The molecule has 2 aromatic rings. The van der Waals surface area contributed by atoms with Gasteiger partial charge in [-0.05, 0) is 36.1 Å². The number of benzene rings is 1. The van der Waals surface area contributed by atoms with Crippen LogP contribution in [0.1, 0.15) is 42.8 Å². The third-order valence-electron chi connectivity index (χ3n) is 3.48. The van der Waals surface area contributed by atoms with Gasteiger partial charge in [0.25, 0.3) is 6.43 Å². The molecule has 1 N–H and O–H groups in total. The van der Waals surface area contributed by atoms with Gasteiger partial charge in [-0.3, -0.25) is 4.98 Å². The third-order valence-corrected chi connectivity index (χ3v) is 3.48. The van der Waals surface area contributed by atoms with Crippen molar-refractivity contribution in [1.29, 1.82) is 0 Å². The number of hydrogen-bond acceptors (Lipinski definition) is 2. The lowest BCUT2D eigenvalue weighted by atomic mass is 9.98. The fraction of sp³-hybridized carbons (Fsp3) is 0.353. The normalized spacial score (nSPS) is 13.0. The molecule has 1 heterocycles.